The van der Waals surface area contributed by atoms with E-state index in [1.54, 1.807) is 0 Å². The number of fused-ring (bicyclic) bond motifs is 6. The van der Waals surface area contributed by atoms with Gasteiger partial charge in [0.05, 0.1) is 47.0 Å². The predicted octanol–water partition coefficient (Wildman–Crippen LogP) is 12.2. The smallest absolute Gasteiger partial charge is 0.195 e. The lowest BCUT2D eigenvalue weighted by molar-refractivity contribution is 1.18. The van der Waals surface area contributed by atoms with Crippen LogP contribution in [0.4, 0.5) is 11.4 Å². The van der Waals surface area contributed by atoms with Crippen LogP contribution in [0.15, 0.2) is 152 Å². The standard InChI is InChI=1S/C45H25N5/c1-47-32-19-22-37-34-9-3-6-12-41(34)49(45(37)27-32)33-20-16-30(17-21-33)31-18-23-40(48-2)38(26-31)35-10-4-7-13-42(35)50-43-14-8-5-11-36(43)39-25-29(28-46)15-24-44(39)50/h3-27H. The Morgan fingerprint density at radius 2 is 1.14 bits per heavy atom. The van der Waals surface area contributed by atoms with Gasteiger partial charge in [-0.2, -0.15) is 5.26 Å². The van der Waals surface area contributed by atoms with Crippen molar-refractivity contribution < 1.29 is 0 Å². The van der Waals surface area contributed by atoms with E-state index in [-0.39, 0.29) is 0 Å². The zero-order valence-corrected chi connectivity index (χ0v) is 26.7. The lowest BCUT2D eigenvalue weighted by Gasteiger charge is -2.16. The summed E-state index contributed by atoms with van der Waals surface area (Å²) in [6, 6.07) is 53.3. The summed E-state index contributed by atoms with van der Waals surface area (Å²) < 4.78 is 4.46. The molecule has 0 aliphatic rings. The van der Waals surface area contributed by atoms with Gasteiger partial charge in [-0.1, -0.05) is 97.1 Å². The molecule has 2 heterocycles. The topological polar surface area (TPSA) is 42.4 Å². The Hall–Kier alpha value is -7.39. The van der Waals surface area contributed by atoms with Crippen LogP contribution >= 0.6 is 0 Å². The van der Waals surface area contributed by atoms with Crippen molar-refractivity contribution in [2.24, 2.45) is 0 Å². The third-order valence-electron chi connectivity index (χ3n) is 9.60. The average Bonchev–Trinajstić information content (AvgIpc) is 3.69. The first-order valence-corrected chi connectivity index (χ1v) is 16.2. The first-order chi connectivity index (χ1) is 24.7. The number of hydrogen-bond acceptors (Lipinski definition) is 1. The fourth-order valence-electron chi connectivity index (χ4n) is 7.34. The van der Waals surface area contributed by atoms with Gasteiger partial charge in [-0.05, 0) is 76.9 Å². The Bertz CT molecular complexity index is 2960. The van der Waals surface area contributed by atoms with Crippen molar-refractivity contribution in [3.8, 4) is 39.7 Å². The van der Waals surface area contributed by atoms with Crippen LogP contribution in [0, 0.1) is 24.5 Å². The molecule has 0 saturated heterocycles. The van der Waals surface area contributed by atoms with Gasteiger partial charge in [0.1, 0.15) is 0 Å². The molecule has 0 atom stereocenters. The average molecular weight is 636 g/mol. The van der Waals surface area contributed by atoms with E-state index in [0.29, 0.717) is 16.9 Å². The molecule has 0 N–H and O–H groups in total. The maximum Gasteiger partial charge on any atom is 0.195 e. The molecule has 0 saturated carbocycles. The fourth-order valence-corrected chi connectivity index (χ4v) is 7.34. The largest absolute Gasteiger partial charge is 0.311 e. The summed E-state index contributed by atoms with van der Waals surface area (Å²) in [6.07, 6.45) is 0. The summed E-state index contributed by atoms with van der Waals surface area (Å²) in [5, 5.41) is 14.0. The van der Waals surface area contributed by atoms with Crippen molar-refractivity contribution in [3.63, 3.8) is 0 Å². The molecule has 0 bridgehead atoms. The molecule has 0 spiro atoms. The summed E-state index contributed by atoms with van der Waals surface area (Å²) >= 11 is 0. The van der Waals surface area contributed by atoms with Gasteiger partial charge >= 0.3 is 0 Å². The maximum atomic E-state index is 9.63. The minimum Gasteiger partial charge on any atom is -0.311 e. The highest BCUT2D eigenvalue weighted by atomic mass is 15.0. The van der Waals surface area contributed by atoms with Gasteiger partial charge in [0, 0.05) is 32.7 Å². The number of aromatic nitrogens is 2. The molecule has 9 rings (SSSR count). The Labute approximate surface area is 288 Å². The third kappa shape index (κ3) is 4.38. The number of nitriles is 1. The molecule has 9 aromatic rings. The Morgan fingerprint density at radius 1 is 0.480 bits per heavy atom. The molecule has 0 unspecified atom stereocenters. The van der Waals surface area contributed by atoms with E-state index in [4.69, 9.17) is 13.1 Å². The molecule has 0 fully saturated rings. The normalized spacial score (nSPS) is 11.1. The quantitative estimate of drug-likeness (QED) is 0.177. The van der Waals surface area contributed by atoms with Gasteiger partial charge in [0.2, 0.25) is 0 Å². The molecule has 7 aromatic carbocycles. The van der Waals surface area contributed by atoms with Crippen molar-refractivity contribution in [1.29, 1.82) is 5.26 Å². The van der Waals surface area contributed by atoms with Crippen LogP contribution in [0.3, 0.4) is 0 Å². The highest BCUT2D eigenvalue weighted by molar-refractivity contribution is 6.11. The van der Waals surface area contributed by atoms with Crippen LogP contribution in [0.25, 0.3) is 86.9 Å². The first-order valence-electron chi connectivity index (χ1n) is 16.2. The molecular weight excluding hydrogens is 611 g/mol. The Morgan fingerprint density at radius 3 is 1.90 bits per heavy atom. The molecule has 50 heavy (non-hydrogen) atoms. The highest BCUT2D eigenvalue weighted by Gasteiger charge is 2.18. The number of rotatable bonds is 4. The van der Waals surface area contributed by atoms with E-state index in [1.165, 1.54) is 0 Å². The van der Waals surface area contributed by atoms with Crippen molar-refractivity contribution in [2.75, 3.05) is 0 Å². The van der Waals surface area contributed by atoms with E-state index in [2.05, 4.69) is 91.6 Å². The molecule has 0 amide bonds. The van der Waals surface area contributed by atoms with Gasteiger partial charge in [0.15, 0.2) is 11.4 Å². The highest BCUT2D eigenvalue weighted by Crippen LogP contribution is 2.41. The van der Waals surface area contributed by atoms with Crippen LogP contribution < -0.4 is 0 Å². The van der Waals surface area contributed by atoms with E-state index in [0.717, 1.165) is 77.2 Å². The second-order valence-electron chi connectivity index (χ2n) is 12.3. The summed E-state index contributed by atoms with van der Waals surface area (Å²) in [6.45, 7) is 15.7. The van der Waals surface area contributed by atoms with E-state index >= 15 is 0 Å². The molecule has 230 valence electrons. The van der Waals surface area contributed by atoms with Crippen LogP contribution in [0.2, 0.25) is 0 Å². The van der Waals surface area contributed by atoms with Crippen LogP contribution in [-0.4, -0.2) is 9.13 Å². The molecular formula is C45H25N5. The number of para-hydroxylation sites is 3. The number of benzene rings is 7. The summed E-state index contributed by atoms with van der Waals surface area (Å²) in [5.41, 5.74) is 11.8. The molecule has 5 heteroatoms. The second-order valence-corrected chi connectivity index (χ2v) is 12.3. The lowest BCUT2D eigenvalue weighted by Crippen LogP contribution is -1.97. The first kappa shape index (κ1) is 28.8. The third-order valence-corrected chi connectivity index (χ3v) is 9.60. The van der Waals surface area contributed by atoms with Crippen molar-refractivity contribution >= 4 is 55.0 Å². The van der Waals surface area contributed by atoms with Gasteiger partial charge < -0.3 is 9.13 Å². The second kappa shape index (κ2) is 11.4. The maximum absolute atomic E-state index is 9.63. The van der Waals surface area contributed by atoms with Gasteiger partial charge in [0.25, 0.3) is 0 Å². The molecule has 0 radical (unpaired) electrons. The minimum atomic E-state index is 0.575. The zero-order valence-electron chi connectivity index (χ0n) is 26.7. The number of hydrogen-bond donors (Lipinski definition) is 0. The molecule has 5 nitrogen and oxygen atoms in total. The zero-order chi connectivity index (χ0) is 33.8. The monoisotopic (exact) mass is 635 g/mol. The van der Waals surface area contributed by atoms with Crippen molar-refractivity contribution in [1.82, 2.24) is 9.13 Å². The molecule has 0 aliphatic heterocycles. The Kier molecular flexibility index (Phi) is 6.56. The van der Waals surface area contributed by atoms with Gasteiger partial charge in [-0.25, -0.2) is 9.69 Å². The molecule has 2 aromatic heterocycles. The number of nitrogens with zero attached hydrogens (tertiary/aromatic N) is 5. The van der Waals surface area contributed by atoms with Crippen molar-refractivity contribution in [3.05, 3.63) is 180 Å². The molecule has 0 aliphatic carbocycles. The predicted molar refractivity (Wildman–Crippen MR) is 203 cm³/mol. The van der Waals surface area contributed by atoms with Crippen LogP contribution in [0.1, 0.15) is 5.56 Å². The Balaban J connectivity index is 1.19. The summed E-state index contributed by atoms with van der Waals surface area (Å²) in [4.78, 5) is 7.64. The summed E-state index contributed by atoms with van der Waals surface area (Å²) in [5.74, 6) is 0. The van der Waals surface area contributed by atoms with Crippen LogP contribution in [0.5, 0.6) is 0 Å². The SMILES string of the molecule is [C-]#[N+]c1ccc2c3ccccc3n(-c3ccc(-c4ccc([N+]#[C-])c(-c5ccccc5-n5c6ccccc6c6cc(C#N)ccc65)c4)cc3)c2c1. The van der Waals surface area contributed by atoms with E-state index in [1.807, 2.05) is 84.9 Å². The lowest BCUT2D eigenvalue weighted by atomic mass is 9.96. The minimum absolute atomic E-state index is 0.575. The van der Waals surface area contributed by atoms with Gasteiger partial charge in [-0.15, -0.1) is 0 Å². The van der Waals surface area contributed by atoms with Crippen LogP contribution in [-0.2, 0) is 0 Å². The van der Waals surface area contributed by atoms with E-state index in [9.17, 15) is 5.26 Å². The van der Waals surface area contributed by atoms with E-state index < -0.39 is 0 Å². The van der Waals surface area contributed by atoms with Crippen molar-refractivity contribution in [2.45, 2.75) is 0 Å². The fraction of sp³-hybridized carbons (Fsp3) is 0. The van der Waals surface area contributed by atoms with Gasteiger partial charge in [-0.3, -0.25) is 0 Å². The summed E-state index contributed by atoms with van der Waals surface area (Å²) in [7, 11) is 0.